The van der Waals surface area contributed by atoms with Crippen LogP contribution in [0.15, 0.2) is 0 Å². The van der Waals surface area contributed by atoms with Crippen molar-refractivity contribution in [3.63, 3.8) is 0 Å². The monoisotopic (exact) mass is 408 g/mol. The van der Waals surface area contributed by atoms with Crippen LogP contribution in [0.5, 0.6) is 0 Å². The first-order chi connectivity index (χ1) is 14.0. The topological polar surface area (TPSA) is 65.1 Å². The Morgan fingerprint density at radius 3 is 2.41 bits per heavy atom. The molecule has 3 heterocycles. The smallest absolute Gasteiger partial charge is 0.234 e. The van der Waals surface area contributed by atoms with Gasteiger partial charge in [-0.15, -0.1) is 0 Å². The Labute approximate surface area is 176 Å². The number of morpholine rings is 1. The Bertz CT molecular complexity index is 528. The van der Waals surface area contributed by atoms with Crippen LogP contribution in [0.4, 0.5) is 0 Å². The van der Waals surface area contributed by atoms with Crippen molar-refractivity contribution in [2.45, 2.75) is 52.1 Å². The molecule has 0 aromatic rings. The Hall–Kier alpha value is -1.18. The molecule has 7 heteroatoms. The molecule has 3 rings (SSSR count). The Morgan fingerprint density at radius 1 is 1.00 bits per heavy atom. The van der Waals surface area contributed by atoms with Crippen LogP contribution in [0.1, 0.15) is 46.0 Å². The Kier molecular flexibility index (Phi) is 8.75. The van der Waals surface area contributed by atoms with Crippen LogP contribution < -0.4 is 5.32 Å². The Morgan fingerprint density at radius 2 is 1.72 bits per heavy atom. The normalized spacial score (nSPS) is 25.3. The third-order valence-corrected chi connectivity index (χ3v) is 6.34. The first-order valence-corrected chi connectivity index (χ1v) is 11.6. The van der Waals surface area contributed by atoms with E-state index in [9.17, 15) is 9.59 Å². The lowest BCUT2D eigenvalue weighted by Gasteiger charge is -2.35. The quantitative estimate of drug-likeness (QED) is 0.685. The van der Waals surface area contributed by atoms with Gasteiger partial charge in [0.2, 0.25) is 11.8 Å². The third kappa shape index (κ3) is 7.23. The highest BCUT2D eigenvalue weighted by Gasteiger charge is 2.30. The van der Waals surface area contributed by atoms with Crippen molar-refractivity contribution in [2.24, 2.45) is 11.8 Å². The summed E-state index contributed by atoms with van der Waals surface area (Å²) in [5.74, 6) is 1.20. The molecular formula is C22H40N4O3. The number of hydrogen-bond donors (Lipinski definition) is 1. The minimum Gasteiger partial charge on any atom is -0.374 e. The number of rotatable bonds is 7. The van der Waals surface area contributed by atoms with Gasteiger partial charge >= 0.3 is 0 Å². The average Bonchev–Trinajstić information content (AvgIpc) is 2.73. The SMILES string of the molecule is CC(C)CN1CCOC(CNC(=O)CN2CCC(C(=O)N3CCCCC3)CC2)C1. The summed E-state index contributed by atoms with van der Waals surface area (Å²) >= 11 is 0. The number of nitrogens with one attached hydrogen (secondary N) is 1. The van der Waals surface area contributed by atoms with E-state index < -0.39 is 0 Å². The number of likely N-dealkylation sites (tertiary alicyclic amines) is 2. The second kappa shape index (κ2) is 11.3. The fourth-order valence-electron chi connectivity index (χ4n) is 4.78. The van der Waals surface area contributed by atoms with E-state index in [-0.39, 0.29) is 17.9 Å². The van der Waals surface area contributed by atoms with Gasteiger partial charge < -0.3 is 15.0 Å². The van der Waals surface area contributed by atoms with Gasteiger partial charge in [0.25, 0.3) is 0 Å². The zero-order valence-electron chi connectivity index (χ0n) is 18.4. The molecule has 0 saturated carbocycles. The molecular weight excluding hydrogens is 368 g/mol. The second-order valence-electron chi connectivity index (χ2n) is 9.39. The minimum absolute atomic E-state index is 0.0652. The number of amides is 2. The predicted molar refractivity (Wildman–Crippen MR) is 114 cm³/mol. The van der Waals surface area contributed by atoms with Crippen molar-refractivity contribution in [3.8, 4) is 0 Å². The van der Waals surface area contributed by atoms with E-state index in [2.05, 4.69) is 33.9 Å². The third-order valence-electron chi connectivity index (χ3n) is 6.34. The van der Waals surface area contributed by atoms with Crippen LogP contribution >= 0.6 is 0 Å². The largest absolute Gasteiger partial charge is 0.374 e. The second-order valence-corrected chi connectivity index (χ2v) is 9.39. The van der Waals surface area contributed by atoms with Crippen LogP contribution in [0, 0.1) is 11.8 Å². The molecule has 1 atom stereocenters. The number of piperidine rings is 2. The molecule has 166 valence electrons. The van der Waals surface area contributed by atoms with Crippen LogP contribution in [0.3, 0.4) is 0 Å². The highest BCUT2D eigenvalue weighted by atomic mass is 16.5. The predicted octanol–water partition coefficient (Wildman–Crippen LogP) is 1.18. The molecule has 0 aromatic carbocycles. The van der Waals surface area contributed by atoms with E-state index >= 15 is 0 Å². The summed E-state index contributed by atoms with van der Waals surface area (Å²) in [7, 11) is 0. The van der Waals surface area contributed by atoms with E-state index in [0.717, 1.165) is 78.1 Å². The number of carbonyl (C=O) groups is 2. The number of nitrogens with zero attached hydrogens (tertiary/aromatic N) is 3. The van der Waals surface area contributed by atoms with E-state index in [1.54, 1.807) is 0 Å². The highest BCUT2D eigenvalue weighted by Crippen LogP contribution is 2.21. The van der Waals surface area contributed by atoms with Crippen molar-refractivity contribution >= 4 is 11.8 Å². The van der Waals surface area contributed by atoms with Crippen LogP contribution in [0.2, 0.25) is 0 Å². The fraction of sp³-hybridized carbons (Fsp3) is 0.909. The van der Waals surface area contributed by atoms with Crippen molar-refractivity contribution in [1.29, 1.82) is 0 Å². The summed E-state index contributed by atoms with van der Waals surface area (Å²) in [6, 6.07) is 0. The van der Waals surface area contributed by atoms with Gasteiger partial charge in [-0.05, 0) is 51.1 Å². The lowest BCUT2D eigenvalue weighted by Crippen LogP contribution is -2.50. The van der Waals surface area contributed by atoms with Gasteiger partial charge in [0, 0.05) is 45.2 Å². The van der Waals surface area contributed by atoms with E-state index in [4.69, 9.17) is 4.74 Å². The fourth-order valence-corrected chi connectivity index (χ4v) is 4.78. The lowest BCUT2D eigenvalue weighted by molar-refractivity contribution is -0.138. The van der Waals surface area contributed by atoms with Gasteiger partial charge in [0.15, 0.2) is 0 Å². The van der Waals surface area contributed by atoms with Crippen molar-refractivity contribution in [3.05, 3.63) is 0 Å². The minimum atomic E-state index is 0.0652. The molecule has 0 spiro atoms. The van der Waals surface area contributed by atoms with Crippen molar-refractivity contribution in [2.75, 3.05) is 65.5 Å². The number of carbonyl (C=O) groups excluding carboxylic acids is 2. The summed E-state index contributed by atoms with van der Waals surface area (Å²) in [5, 5.41) is 3.05. The number of ether oxygens (including phenoxy) is 1. The van der Waals surface area contributed by atoms with Gasteiger partial charge in [-0.25, -0.2) is 0 Å². The molecule has 0 aliphatic carbocycles. The maximum absolute atomic E-state index is 12.7. The van der Waals surface area contributed by atoms with E-state index in [0.29, 0.717) is 24.9 Å². The lowest BCUT2D eigenvalue weighted by atomic mass is 9.94. The van der Waals surface area contributed by atoms with E-state index in [1.165, 1.54) is 6.42 Å². The number of hydrogen-bond acceptors (Lipinski definition) is 5. The van der Waals surface area contributed by atoms with Crippen LogP contribution in [-0.4, -0.2) is 98.1 Å². The van der Waals surface area contributed by atoms with E-state index in [1.807, 2.05) is 0 Å². The molecule has 0 bridgehead atoms. The summed E-state index contributed by atoms with van der Waals surface area (Å²) in [6.07, 6.45) is 5.37. The highest BCUT2D eigenvalue weighted by molar-refractivity contribution is 5.79. The van der Waals surface area contributed by atoms with Gasteiger partial charge in [-0.2, -0.15) is 0 Å². The van der Waals surface area contributed by atoms with Crippen LogP contribution in [0.25, 0.3) is 0 Å². The molecule has 3 aliphatic rings. The molecule has 0 radical (unpaired) electrons. The molecule has 29 heavy (non-hydrogen) atoms. The molecule has 2 amide bonds. The van der Waals surface area contributed by atoms with Gasteiger partial charge in [-0.1, -0.05) is 13.8 Å². The zero-order valence-corrected chi connectivity index (χ0v) is 18.4. The van der Waals surface area contributed by atoms with Gasteiger partial charge in [-0.3, -0.25) is 19.4 Å². The van der Waals surface area contributed by atoms with Gasteiger partial charge in [0.05, 0.1) is 19.3 Å². The molecule has 3 saturated heterocycles. The summed E-state index contributed by atoms with van der Waals surface area (Å²) in [5.41, 5.74) is 0. The van der Waals surface area contributed by atoms with Crippen LogP contribution in [-0.2, 0) is 14.3 Å². The van der Waals surface area contributed by atoms with Crippen molar-refractivity contribution in [1.82, 2.24) is 20.0 Å². The molecule has 0 aromatic heterocycles. The van der Waals surface area contributed by atoms with Crippen molar-refractivity contribution < 1.29 is 14.3 Å². The zero-order chi connectivity index (χ0) is 20.6. The molecule has 7 nitrogen and oxygen atoms in total. The maximum atomic E-state index is 12.7. The standard InChI is InChI=1S/C22H40N4O3/c1-18(2)15-25-12-13-29-20(16-25)14-23-21(27)17-24-10-6-19(7-11-24)22(28)26-8-4-3-5-9-26/h18-20H,3-17H2,1-2H3,(H,23,27). The average molecular weight is 409 g/mol. The Balaban J connectivity index is 1.32. The first kappa shape index (κ1) is 22.5. The maximum Gasteiger partial charge on any atom is 0.234 e. The summed E-state index contributed by atoms with van der Waals surface area (Å²) in [6.45, 7) is 12.7. The summed E-state index contributed by atoms with van der Waals surface area (Å²) < 4.78 is 5.82. The molecule has 1 unspecified atom stereocenters. The molecule has 1 N–H and O–H groups in total. The molecule has 3 aliphatic heterocycles. The molecule has 3 fully saturated rings. The first-order valence-electron chi connectivity index (χ1n) is 11.6. The van der Waals surface area contributed by atoms with Gasteiger partial charge in [0.1, 0.15) is 0 Å². The summed E-state index contributed by atoms with van der Waals surface area (Å²) in [4.78, 5) is 31.7.